The standard InChI is InChI=1S/C17H13ClF6N2O/c1-9(15(27)26-13-4-2-12(18)3-5-13)25-14-7-10(16(19,20)21)6-11(8-14)17(22,23)24/h2-9,25H,1H3,(H,26,27)/t9-/m0/s1. The highest BCUT2D eigenvalue weighted by molar-refractivity contribution is 6.30. The molecular formula is C17H13ClF6N2O. The van der Waals surface area contributed by atoms with Crippen molar-refractivity contribution in [3.63, 3.8) is 0 Å². The first-order valence-electron chi connectivity index (χ1n) is 7.49. The van der Waals surface area contributed by atoms with Crippen molar-refractivity contribution in [2.24, 2.45) is 0 Å². The Morgan fingerprint density at radius 3 is 1.81 bits per heavy atom. The zero-order valence-corrected chi connectivity index (χ0v) is 14.4. The minimum Gasteiger partial charge on any atom is -0.374 e. The van der Waals surface area contributed by atoms with Gasteiger partial charge in [-0.1, -0.05) is 11.6 Å². The Balaban J connectivity index is 2.21. The molecule has 3 nitrogen and oxygen atoms in total. The van der Waals surface area contributed by atoms with E-state index in [0.717, 1.165) is 0 Å². The molecule has 0 aromatic heterocycles. The summed E-state index contributed by atoms with van der Waals surface area (Å²) in [6.45, 7) is 1.30. The van der Waals surface area contributed by atoms with E-state index < -0.39 is 41.1 Å². The Kier molecular flexibility index (Phi) is 5.94. The summed E-state index contributed by atoms with van der Waals surface area (Å²) in [4.78, 5) is 12.1. The number of carbonyl (C=O) groups excluding carboxylic acids is 1. The van der Waals surface area contributed by atoms with Gasteiger partial charge in [0, 0.05) is 16.4 Å². The van der Waals surface area contributed by atoms with Crippen LogP contribution in [0, 0.1) is 0 Å². The van der Waals surface area contributed by atoms with Gasteiger partial charge in [-0.25, -0.2) is 0 Å². The first-order chi connectivity index (χ1) is 12.4. The molecule has 0 saturated carbocycles. The third-order valence-corrected chi connectivity index (χ3v) is 3.73. The third kappa shape index (κ3) is 5.78. The second-order valence-electron chi connectivity index (χ2n) is 5.66. The van der Waals surface area contributed by atoms with Crippen molar-refractivity contribution in [2.75, 3.05) is 10.6 Å². The zero-order valence-electron chi connectivity index (χ0n) is 13.7. The van der Waals surface area contributed by atoms with Crippen molar-refractivity contribution < 1.29 is 31.1 Å². The van der Waals surface area contributed by atoms with Gasteiger partial charge in [-0.15, -0.1) is 0 Å². The summed E-state index contributed by atoms with van der Waals surface area (Å²) >= 11 is 5.71. The number of rotatable bonds is 4. The van der Waals surface area contributed by atoms with Crippen LogP contribution < -0.4 is 10.6 Å². The van der Waals surface area contributed by atoms with E-state index in [-0.39, 0.29) is 6.07 Å². The summed E-state index contributed by atoms with van der Waals surface area (Å²) in [7, 11) is 0. The highest BCUT2D eigenvalue weighted by Crippen LogP contribution is 2.37. The number of alkyl halides is 6. The Bertz CT molecular complexity index is 785. The van der Waals surface area contributed by atoms with Gasteiger partial charge in [0.2, 0.25) is 5.91 Å². The number of benzene rings is 2. The molecule has 146 valence electrons. The lowest BCUT2D eigenvalue weighted by Crippen LogP contribution is -2.32. The number of halogens is 7. The van der Waals surface area contributed by atoms with Crippen LogP contribution in [0.2, 0.25) is 5.02 Å². The Labute approximate surface area is 155 Å². The molecule has 0 bridgehead atoms. The predicted octanol–water partition coefficient (Wildman–Crippen LogP) is 5.82. The fourth-order valence-electron chi connectivity index (χ4n) is 2.14. The molecule has 2 rings (SSSR count). The van der Waals surface area contributed by atoms with Gasteiger partial charge >= 0.3 is 12.4 Å². The predicted molar refractivity (Wildman–Crippen MR) is 89.6 cm³/mol. The second-order valence-corrected chi connectivity index (χ2v) is 6.09. The van der Waals surface area contributed by atoms with Gasteiger partial charge < -0.3 is 10.6 Å². The summed E-state index contributed by atoms with van der Waals surface area (Å²) in [5.41, 5.74) is -3.04. The summed E-state index contributed by atoms with van der Waals surface area (Å²) < 4.78 is 77.2. The van der Waals surface area contributed by atoms with Gasteiger partial charge in [-0.05, 0) is 49.4 Å². The topological polar surface area (TPSA) is 41.1 Å². The summed E-state index contributed by atoms with van der Waals surface area (Å²) in [5.74, 6) is -0.650. The molecule has 2 N–H and O–H groups in total. The van der Waals surface area contributed by atoms with Crippen LogP contribution in [0.5, 0.6) is 0 Å². The Hall–Kier alpha value is -2.42. The molecule has 0 unspecified atom stereocenters. The van der Waals surface area contributed by atoms with Gasteiger partial charge in [-0.3, -0.25) is 4.79 Å². The number of anilines is 2. The molecule has 1 atom stereocenters. The number of hydrogen-bond donors (Lipinski definition) is 2. The molecule has 10 heteroatoms. The Morgan fingerprint density at radius 2 is 1.37 bits per heavy atom. The number of nitrogens with one attached hydrogen (secondary N) is 2. The van der Waals surface area contributed by atoms with Gasteiger partial charge in [0.1, 0.15) is 6.04 Å². The van der Waals surface area contributed by atoms with Crippen LogP contribution in [0.1, 0.15) is 18.1 Å². The highest BCUT2D eigenvalue weighted by atomic mass is 35.5. The van der Waals surface area contributed by atoms with E-state index in [2.05, 4.69) is 10.6 Å². The smallest absolute Gasteiger partial charge is 0.374 e. The number of carbonyl (C=O) groups is 1. The van der Waals surface area contributed by atoms with E-state index in [1.54, 1.807) is 0 Å². The molecule has 0 aliphatic heterocycles. The lowest BCUT2D eigenvalue weighted by molar-refractivity contribution is -0.143. The highest BCUT2D eigenvalue weighted by Gasteiger charge is 2.37. The van der Waals surface area contributed by atoms with Gasteiger partial charge in [0.25, 0.3) is 0 Å². The first-order valence-corrected chi connectivity index (χ1v) is 7.86. The van der Waals surface area contributed by atoms with Crippen molar-refractivity contribution in [1.82, 2.24) is 0 Å². The van der Waals surface area contributed by atoms with E-state index in [1.165, 1.54) is 31.2 Å². The van der Waals surface area contributed by atoms with Crippen molar-refractivity contribution in [1.29, 1.82) is 0 Å². The van der Waals surface area contributed by atoms with Crippen LogP contribution in [0.4, 0.5) is 37.7 Å². The van der Waals surface area contributed by atoms with E-state index in [0.29, 0.717) is 22.8 Å². The lowest BCUT2D eigenvalue weighted by atomic mass is 10.1. The van der Waals surface area contributed by atoms with Crippen molar-refractivity contribution in [3.8, 4) is 0 Å². The van der Waals surface area contributed by atoms with Gasteiger partial charge in [-0.2, -0.15) is 26.3 Å². The maximum atomic E-state index is 12.9. The molecule has 0 aliphatic carbocycles. The largest absolute Gasteiger partial charge is 0.416 e. The molecule has 0 spiro atoms. The third-order valence-electron chi connectivity index (χ3n) is 3.48. The van der Waals surface area contributed by atoms with Gasteiger partial charge in [0.15, 0.2) is 0 Å². The van der Waals surface area contributed by atoms with Crippen molar-refractivity contribution in [2.45, 2.75) is 25.3 Å². The van der Waals surface area contributed by atoms with Crippen LogP contribution >= 0.6 is 11.6 Å². The molecule has 0 aliphatic rings. The van der Waals surface area contributed by atoms with Crippen molar-refractivity contribution >= 4 is 28.9 Å². The first kappa shape index (κ1) is 20.9. The van der Waals surface area contributed by atoms with Gasteiger partial charge in [0.05, 0.1) is 11.1 Å². The molecule has 0 saturated heterocycles. The molecular weight excluding hydrogens is 398 g/mol. The maximum absolute atomic E-state index is 12.9. The van der Waals surface area contributed by atoms with E-state index in [1.807, 2.05) is 0 Å². The normalized spacial score (nSPS) is 13.2. The fourth-order valence-corrected chi connectivity index (χ4v) is 2.26. The number of amides is 1. The quantitative estimate of drug-likeness (QED) is 0.624. The maximum Gasteiger partial charge on any atom is 0.416 e. The average Bonchev–Trinajstić information content (AvgIpc) is 2.55. The molecule has 0 heterocycles. The molecule has 2 aromatic carbocycles. The van der Waals surface area contributed by atoms with Crippen LogP contribution in [0.25, 0.3) is 0 Å². The van der Waals surface area contributed by atoms with Crippen LogP contribution in [0.15, 0.2) is 42.5 Å². The summed E-state index contributed by atoms with van der Waals surface area (Å²) in [5, 5.41) is 5.27. The fraction of sp³-hybridized carbons (Fsp3) is 0.235. The van der Waals surface area contributed by atoms with E-state index in [4.69, 9.17) is 11.6 Å². The lowest BCUT2D eigenvalue weighted by Gasteiger charge is -2.18. The number of hydrogen-bond acceptors (Lipinski definition) is 2. The minimum atomic E-state index is -4.97. The molecule has 0 radical (unpaired) electrons. The molecule has 2 aromatic rings. The van der Waals surface area contributed by atoms with Crippen LogP contribution in [-0.2, 0) is 17.1 Å². The van der Waals surface area contributed by atoms with Crippen LogP contribution in [0.3, 0.4) is 0 Å². The average molecular weight is 411 g/mol. The molecule has 27 heavy (non-hydrogen) atoms. The zero-order chi connectivity index (χ0) is 20.4. The van der Waals surface area contributed by atoms with Crippen LogP contribution in [-0.4, -0.2) is 11.9 Å². The summed E-state index contributed by atoms with van der Waals surface area (Å²) in [6, 6.07) is 5.96. The monoisotopic (exact) mass is 410 g/mol. The second kappa shape index (κ2) is 7.67. The van der Waals surface area contributed by atoms with E-state index in [9.17, 15) is 31.1 Å². The minimum absolute atomic E-state index is 0.0175. The van der Waals surface area contributed by atoms with E-state index >= 15 is 0 Å². The summed E-state index contributed by atoms with van der Waals surface area (Å²) in [6.07, 6.45) is -9.93. The van der Waals surface area contributed by atoms with Crippen molar-refractivity contribution in [3.05, 3.63) is 58.6 Å². The Morgan fingerprint density at radius 1 is 0.889 bits per heavy atom. The SMILES string of the molecule is C[C@H](Nc1cc(C(F)(F)F)cc(C(F)(F)F)c1)C(=O)Nc1ccc(Cl)cc1. The molecule has 1 amide bonds. The molecule has 0 fully saturated rings.